The predicted molar refractivity (Wildman–Crippen MR) is 117 cm³/mol. The van der Waals surface area contributed by atoms with E-state index in [1.165, 1.54) is 0 Å². The zero-order chi connectivity index (χ0) is 21.5. The Balaban J connectivity index is 1.55. The molecule has 1 N–H and O–H groups in total. The van der Waals surface area contributed by atoms with Crippen LogP contribution in [0.3, 0.4) is 0 Å². The predicted octanol–water partition coefficient (Wildman–Crippen LogP) is 3.25. The van der Waals surface area contributed by atoms with Crippen LogP contribution in [0.1, 0.15) is 0 Å². The molecule has 9 heteroatoms. The number of carbonyl (C=O) groups is 1. The number of nitrogens with one attached hydrogen (secondary N) is 1. The van der Waals surface area contributed by atoms with Crippen LogP contribution in [-0.2, 0) is 4.79 Å². The SMILES string of the molecule is O=C1COc2ccc(-c3cn4c(-c5ccccn5)c(-c5ccccn5)nnc4n3)cc2N1. The largest absolute Gasteiger partial charge is 0.482 e. The smallest absolute Gasteiger partial charge is 0.262 e. The first-order valence-corrected chi connectivity index (χ1v) is 9.92. The number of anilines is 1. The molecular formula is C23H15N7O2. The van der Waals surface area contributed by atoms with Gasteiger partial charge in [-0.15, -0.1) is 10.2 Å². The van der Waals surface area contributed by atoms with Crippen LogP contribution in [0.5, 0.6) is 5.75 Å². The van der Waals surface area contributed by atoms with Gasteiger partial charge in [0.15, 0.2) is 6.61 Å². The lowest BCUT2D eigenvalue weighted by Gasteiger charge is -2.18. The summed E-state index contributed by atoms with van der Waals surface area (Å²) in [6.45, 7) is 0.0139. The molecule has 0 fully saturated rings. The lowest BCUT2D eigenvalue weighted by molar-refractivity contribution is -0.118. The van der Waals surface area contributed by atoms with Crippen molar-refractivity contribution in [3.63, 3.8) is 0 Å². The van der Waals surface area contributed by atoms with Gasteiger partial charge >= 0.3 is 0 Å². The van der Waals surface area contributed by atoms with E-state index in [0.717, 1.165) is 17.0 Å². The first kappa shape index (κ1) is 18.1. The van der Waals surface area contributed by atoms with Crippen LogP contribution in [0.2, 0.25) is 0 Å². The Hall–Kier alpha value is -4.66. The van der Waals surface area contributed by atoms with E-state index in [0.29, 0.717) is 34.3 Å². The lowest BCUT2D eigenvalue weighted by Crippen LogP contribution is -2.25. The van der Waals surface area contributed by atoms with Gasteiger partial charge in [-0.2, -0.15) is 0 Å². The second-order valence-corrected chi connectivity index (χ2v) is 7.17. The number of fused-ring (bicyclic) bond motifs is 2. The maximum absolute atomic E-state index is 11.7. The number of carbonyl (C=O) groups excluding carboxylic acids is 1. The van der Waals surface area contributed by atoms with Gasteiger partial charge in [0, 0.05) is 24.2 Å². The minimum absolute atomic E-state index is 0.0139. The molecule has 5 heterocycles. The summed E-state index contributed by atoms with van der Waals surface area (Å²) in [5.74, 6) is 0.870. The number of hydrogen-bond donors (Lipinski definition) is 1. The minimum atomic E-state index is -0.187. The zero-order valence-corrected chi connectivity index (χ0v) is 16.6. The highest BCUT2D eigenvalue weighted by atomic mass is 16.5. The number of imidazole rings is 1. The van der Waals surface area contributed by atoms with Gasteiger partial charge in [-0.25, -0.2) is 4.98 Å². The van der Waals surface area contributed by atoms with E-state index in [4.69, 9.17) is 4.74 Å². The summed E-state index contributed by atoms with van der Waals surface area (Å²) >= 11 is 0. The molecule has 0 spiro atoms. The maximum atomic E-state index is 11.7. The van der Waals surface area contributed by atoms with Crippen LogP contribution in [0.15, 0.2) is 73.2 Å². The van der Waals surface area contributed by atoms with Crippen molar-refractivity contribution in [2.24, 2.45) is 0 Å². The number of amides is 1. The summed E-state index contributed by atoms with van der Waals surface area (Å²) in [6, 6.07) is 16.9. The van der Waals surface area contributed by atoms with Crippen LogP contribution in [-0.4, -0.2) is 42.1 Å². The van der Waals surface area contributed by atoms with Crippen molar-refractivity contribution in [2.75, 3.05) is 11.9 Å². The molecule has 32 heavy (non-hydrogen) atoms. The van der Waals surface area contributed by atoms with Crippen molar-refractivity contribution in [3.8, 4) is 39.8 Å². The summed E-state index contributed by atoms with van der Waals surface area (Å²) in [7, 11) is 0. The number of aromatic nitrogens is 6. The van der Waals surface area contributed by atoms with E-state index < -0.39 is 0 Å². The fourth-order valence-electron chi connectivity index (χ4n) is 3.67. The van der Waals surface area contributed by atoms with Gasteiger partial charge in [-0.05, 0) is 42.5 Å². The molecule has 0 saturated heterocycles. The van der Waals surface area contributed by atoms with Crippen molar-refractivity contribution >= 4 is 17.4 Å². The third kappa shape index (κ3) is 3.03. The Morgan fingerprint density at radius 2 is 1.72 bits per heavy atom. The van der Waals surface area contributed by atoms with Gasteiger partial charge < -0.3 is 10.1 Å². The lowest BCUT2D eigenvalue weighted by atomic mass is 10.1. The number of benzene rings is 1. The van der Waals surface area contributed by atoms with Crippen LogP contribution in [0.4, 0.5) is 5.69 Å². The van der Waals surface area contributed by atoms with E-state index in [-0.39, 0.29) is 12.5 Å². The molecule has 0 atom stereocenters. The summed E-state index contributed by atoms with van der Waals surface area (Å²) in [5, 5.41) is 11.6. The van der Waals surface area contributed by atoms with Crippen molar-refractivity contribution in [1.82, 2.24) is 29.5 Å². The first-order valence-electron chi connectivity index (χ1n) is 9.92. The fourth-order valence-corrected chi connectivity index (χ4v) is 3.67. The van der Waals surface area contributed by atoms with Crippen molar-refractivity contribution in [2.45, 2.75) is 0 Å². The highest BCUT2D eigenvalue weighted by Crippen LogP contribution is 2.34. The second-order valence-electron chi connectivity index (χ2n) is 7.17. The van der Waals surface area contributed by atoms with Crippen molar-refractivity contribution < 1.29 is 9.53 Å². The molecule has 1 amide bonds. The second kappa shape index (κ2) is 7.24. The zero-order valence-electron chi connectivity index (χ0n) is 16.6. The molecule has 0 unspecified atom stereocenters. The molecule has 0 bridgehead atoms. The first-order chi connectivity index (χ1) is 15.8. The number of rotatable bonds is 3. The molecule has 1 aliphatic heterocycles. The summed E-state index contributed by atoms with van der Waals surface area (Å²) in [5.41, 5.74) is 4.86. The number of pyridine rings is 2. The Morgan fingerprint density at radius 3 is 2.50 bits per heavy atom. The van der Waals surface area contributed by atoms with E-state index in [1.807, 2.05) is 65.2 Å². The maximum Gasteiger partial charge on any atom is 0.262 e. The molecule has 9 nitrogen and oxygen atoms in total. The van der Waals surface area contributed by atoms with Gasteiger partial charge in [0.2, 0.25) is 0 Å². The fraction of sp³-hybridized carbons (Fsp3) is 0.0435. The monoisotopic (exact) mass is 421 g/mol. The van der Waals surface area contributed by atoms with Crippen molar-refractivity contribution in [3.05, 3.63) is 73.2 Å². The van der Waals surface area contributed by atoms with Crippen LogP contribution < -0.4 is 10.1 Å². The Labute approximate surface area is 181 Å². The quantitative estimate of drug-likeness (QED) is 0.476. The van der Waals surface area contributed by atoms with Crippen LogP contribution in [0, 0.1) is 0 Å². The molecule has 4 aromatic heterocycles. The molecule has 0 saturated carbocycles. The summed E-state index contributed by atoms with van der Waals surface area (Å²) < 4.78 is 7.32. The highest BCUT2D eigenvalue weighted by molar-refractivity contribution is 5.96. The normalized spacial score (nSPS) is 12.8. The highest BCUT2D eigenvalue weighted by Gasteiger charge is 2.20. The number of nitrogens with zero attached hydrogens (tertiary/aromatic N) is 6. The summed E-state index contributed by atoms with van der Waals surface area (Å²) in [6.07, 6.45) is 5.33. The van der Waals surface area contributed by atoms with E-state index in [9.17, 15) is 4.79 Å². The molecule has 0 aliphatic carbocycles. The molecule has 6 rings (SSSR count). The van der Waals surface area contributed by atoms with Gasteiger partial charge in [-0.3, -0.25) is 19.2 Å². The average molecular weight is 421 g/mol. The molecule has 154 valence electrons. The Morgan fingerprint density at radius 1 is 0.906 bits per heavy atom. The van der Waals surface area contributed by atoms with Crippen LogP contribution >= 0.6 is 0 Å². The van der Waals surface area contributed by atoms with E-state index in [2.05, 4.69) is 30.5 Å². The van der Waals surface area contributed by atoms with Gasteiger partial charge in [0.1, 0.15) is 17.1 Å². The molecule has 5 aromatic rings. The Bertz CT molecular complexity index is 1470. The number of ether oxygens (including phenoxy) is 1. The topological polar surface area (TPSA) is 107 Å². The molecular weight excluding hydrogens is 406 g/mol. The van der Waals surface area contributed by atoms with Gasteiger partial charge in [-0.1, -0.05) is 12.1 Å². The molecule has 1 aliphatic rings. The molecule has 1 aromatic carbocycles. The number of hydrogen-bond acceptors (Lipinski definition) is 7. The van der Waals surface area contributed by atoms with E-state index in [1.54, 1.807) is 12.4 Å². The third-order valence-corrected chi connectivity index (χ3v) is 5.12. The van der Waals surface area contributed by atoms with Crippen molar-refractivity contribution in [1.29, 1.82) is 0 Å². The van der Waals surface area contributed by atoms with Gasteiger partial charge in [0.25, 0.3) is 11.7 Å². The third-order valence-electron chi connectivity index (χ3n) is 5.12. The average Bonchev–Trinajstić information content (AvgIpc) is 3.28. The summed E-state index contributed by atoms with van der Waals surface area (Å²) in [4.78, 5) is 25.3. The van der Waals surface area contributed by atoms with Crippen LogP contribution in [0.25, 0.3) is 39.8 Å². The molecule has 0 radical (unpaired) electrons. The Kier molecular flexibility index (Phi) is 4.10. The van der Waals surface area contributed by atoms with Gasteiger partial charge in [0.05, 0.1) is 22.8 Å². The standard InChI is InChI=1S/C23H15N7O2/c31-20-13-32-19-8-7-14(11-17(19)26-20)18-12-30-22(16-6-2-4-10-25-16)21(28-29-23(30)27-18)15-5-1-3-9-24-15/h1-12H,13H2,(H,26,31). The van der Waals surface area contributed by atoms with E-state index >= 15 is 0 Å². The minimum Gasteiger partial charge on any atom is -0.482 e.